The number of benzene rings is 2. The molecule has 0 aliphatic heterocycles. The second kappa shape index (κ2) is 6.77. The van der Waals surface area contributed by atoms with Crippen LogP contribution in [0.15, 0.2) is 46.9 Å². The summed E-state index contributed by atoms with van der Waals surface area (Å²) in [5, 5.41) is 9.55. The molecule has 0 heterocycles. The van der Waals surface area contributed by atoms with Gasteiger partial charge in [-0.2, -0.15) is 0 Å². The molecule has 20 heavy (non-hydrogen) atoms. The summed E-state index contributed by atoms with van der Waals surface area (Å²) in [5.74, 6) is 2.19. The first-order chi connectivity index (χ1) is 9.60. The summed E-state index contributed by atoms with van der Waals surface area (Å²) >= 11 is 3.45. The largest absolute Gasteiger partial charge is 0.494 e. The Morgan fingerprint density at radius 1 is 1.15 bits per heavy atom. The number of hydrogen-bond acceptors (Lipinski definition) is 3. The molecule has 2 aromatic rings. The minimum absolute atomic E-state index is 0.498. The monoisotopic (exact) mass is 336 g/mol. The normalized spacial score (nSPS) is 12.0. The second-order valence-corrected chi connectivity index (χ2v) is 5.23. The molecule has 4 heteroatoms. The quantitative estimate of drug-likeness (QED) is 0.860. The van der Waals surface area contributed by atoms with E-state index in [-0.39, 0.29) is 0 Å². The first-order valence-corrected chi connectivity index (χ1v) is 7.27. The molecule has 0 unspecified atom stereocenters. The molecule has 0 fully saturated rings. The van der Waals surface area contributed by atoms with Crippen molar-refractivity contribution < 1.29 is 14.6 Å². The van der Waals surface area contributed by atoms with Gasteiger partial charge in [0.05, 0.1) is 17.2 Å². The summed E-state index contributed by atoms with van der Waals surface area (Å²) < 4.78 is 12.1. The minimum atomic E-state index is -0.498. The molecule has 0 aliphatic carbocycles. The van der Waals surface area contributed by atoms with Crippen molar-refractivity contribution in [1.29, 1.82) is 0 Å². The molecule has 0 saturated carbocycles. The highest BCUT2D eigenvalue weighted by Gasteiger charge is 2.07. The Hall–Kier alpha value is -1.52. The van der Waals surface area contributed by atoms with Crippen LogP contribution in [0.3, 0.4) is 0 Å². The zero-order valence-electron chi connectivity index (χ0n) is 11.5. The fourth-order valence-corrected chi connectivity index (χ4v) is 2.26. The highest BCUT2D eigenvalue weighted by atomic mass is 79.9. The van der Waals surface area contributed by atoms with Gasteiger partial charge in [0.2, 0.25) is 0 Å². The number of rotatable bonds is 5. The van der Waals surface area contributed by atoms with Crippen LogP contribution in [0.25, 0.3) is 0 Å². The second-order valence-electron chi connectivity index (χ2n) is 4.38. The van der Waals surface area contributed by atoms with E-state index in [1.54, 1.807) is 6.92 Å². The maximum atomic E-state index is 9.55. The molecule has 0 spiro atoms. The van der Waals surface area contributed by atoms with E-state index < -0.39 is 6.10 Å². The Morgan fingerprint density at radius 3 is 2.55 bits per heavy atom. The van der Waals surface area contributed by atoms with Crippen LogP contribution in [-0.2, 0) is 0 Å². The Bertz CT molecular complexity index is 582. The van der Waals surface area contributed by atoms with Crippen molar-refractivity contribution in [3.63, 3.8) is 0 Å². The highest BCUT2D eigenvalue weighted by molar-refractivity contribution is 9.10. The molecule has 0 bridgehead atoms. The van der Waals surface area contributed by atoms with Crippen LogP contribution in [-0.4, -0.2) is 11.7 Å². The summed E-state index contributed by atoms with van der Waals surface area (Å²) in [4.78, 5) is 0. The molecule has 2 rings (SSSR count). The van der Waals surface area contributed by atoms with Crippen LogP contribution in [0.5, 0.6) is 17.2 Å². The smallest absolute Gasteiger partial charge is 0.141 e. The summed E-state index contributed by atoms with van der Waals surface area (Å²) in [6.07, 6.45) is -0.498. The van der Waals surface area contributed by atoms with Gasteiger partial charge in [-0.1, -0.05) is 12.1 Å². The standard InChI is InChI=1S/C16H17BrO3/c1-3-19-13-5-4-6-14(10-13)20-16-8-7-12(11(2)18)9-15(16)17/h4-11,18H,3H2,1-2H3/t11-/m1/s1. The van der Waals surface area contributed by atoms with Crippen molar-refractivity contribution in [2.24, 2.45) is 0 Å². The van der Waals surface area contributed by atoms with Crippen molar-refractivity contribution >= 4 is 15.9 Å². The third-order valence-electron chi connectivity index (χ3n) is 2.78. The molecular formula is C16H17BrO3. The Kier molecular flexibility index (Phi) is 5.04. The van der Waals surface area contributed by atoms with E-state index in [1.165, 1.54) is 0 Å². The predicted octanol–water partition coefficient (Wildman–Crippen LogP) is 4.69. The minimum Gasteiger partial charge on any atom is -0.494 e. The first kappa shape index (κ1) is 14.9. The molecule has 0 aliphatic rings. The lowest BCUT2D eigenvalue weighted by atomic mass is 10.1. The van der Waals surface area contributed by atoms with E-state index in [2.05, 4.69) is 15.9 Å². The van der Waals surface area contributed by atoms with Gasteiger partial charge in [0, 0.05) is 6.07 Å². The summed E-state index contributed by atoms with van der Waals surface area (Å²) in [6, 6.07) is 13.0. The van der Waals surface area contributed by atoms with E-state index in [4.69, 9.17) is 9.47 Å². The van der Waals surface area contributed by atoms with Crippen LogP contribution < -0.4 is 9.47 Å². The van der Waals surface area contributed by atoms with Gasteiger partial charge in [0.15, 0.2) is 0 Å². The molecule has 2 aromatic carbocycles. The molecule has 0 radical (unpaired) electrons. The molecule has 0 saturated heterocycles. The van der Waals surface area contributed by atoms with Gasteiger partial charge in [-0.15, -0.1) is 0 Å². The third kappa shape index (κ3) is 3.74. The number of aliphatic hydroxyl groups excluding tert-OH is 1. The zero-order chi connectivity index (χ0) is 14.5. The van der Waals surface area contributed by atoms with E-state index in [1.807, 2.05) is 49.4 Å². The number of halogens is 1. The average molecular weight is 337 g/mol. The molecule has 0 amide bonds. The van der Waals surface area contributed by atoms with Gasteiger partial charge in [0.25, 0.3) is 0 Å². The Balaban J connectivity index is 2.19. The van der Waals surface area contributed by atoms with E-state index >= 15 is 0 Å². The molecule has 3 nitrogen and oxygen atoms in total. The topological polar surface area (TPSA) is 38.7 Å². The maximum Gasteiger partial charge on any atom is 0.141 e. The number of ether oxygens (including phenoxy) is 2. The van der Waals surface area contributed by atoms with Gasteiger partial charge in [-0.3, -0.25) is 0 Å². The lowest BCUT2D eigenvalue weighted by Crippen LogP contribution is -1.93. The molecular weight excluding hydrogens is 320 g/mol. The lowest BCUT2D eigenvalue weighted by Gasteiger charge is -2.11. The van der Waals surface area contributed by atoms with Crippen molar-refractivity contribution in [2.75, 3.05) is 6.61 Å². The van der Waals surface area contributed by atoms with Crippen LogP contribution >= 0.6 is 15.9 Å². The zero-order valence-corrected chi connectivity index (χ0v) is 13.1. The van der Waals surface area contributed by atoms with E-state index in [9.17, 15) is 5.11 Å². The Morgan fingerprint density at radius 2 is 1.90 bits per heavy atom. The fourth-order valence-electron chi connectivity index (χ4n) is 1.78. The van der Waals surface area contributed by atoms with Gasteiger partial charge >= 0.3 is 0 Å². The highest BCUT2D eigenvalue weighted by Crippen LogP contribution is 2.33. The lowest BCUT2D eigenvalue weighted by molar-refractivity contribution is 0.199. The fraction of sp³-hybridized carbons (Fsp3) is 0.250. The van der Waals surface area contributed by atoms with Crippen molar-refractivity contribution in [1.82, 2.24) is 0 Å². The molecule has 106 valence electrons. The van der Waals surface area contributed by atoms with Crippen LogP contribution in [0.1, 0.15) is 25.5 Å². The third-order valence-corrected chi connectivity index (χ3v) is 3.40. The summed E-state index contributed by atoms with van der Waals surface area (Å²) in [7, 11) is 0. The van der Waals surface area contributed by atoms with Gasteiger partial charge < -0.3 is 14.6 Å². The number of aliphatic hydroxyl groups is 1. The van der Waals surface area contributed by atoms with Crippen molar-refractivity contribution in [2.45, 2.75) is 20.0 Å². The molecule has 0 aromatic heterocycles. The Labute approximate surface area is 127 Å². The van der Waals surface area contributed by atoms with Gasteiger partial charge in [-0.25, -0.2) is 0 Å². The van der Waals surface area contributed by atoms with Crippen molar-refractivity contribution in [3.05, 3.63) is 52.5 Å². The molecule has 1 atom stereocenters. The predicted molar refractivity (Wildman–Crippen MR) is 82.5 cm³/mol. The van der Waals surface area contributed by atoms with E-state index in [0.29, 0.717) is 18.1 Å². The summed E-state index contributed by atoms with van der Waals surface area (Å²) in [5.41, 5.74) is 0.840. The van der Waals surface area contributed by atoms with Crippen LogP contribution in [0, 0.1) is 0 Å². The SMILES string of the molecule is CCOc1cccc(Oc2ccc([C@@H](C)O)cc2Br)c1. The first-order valence-electron chi connectivity index (χ1n) is 6.48. The van der Waals surface area contributed by atoms with Gasteiger partial charge in [0.1, 0.15) is 17.2 Å². The average Bonchev–Trinajstić information content (AvgIpc) is 2.42. The van der Waals surface area contributed by atoms with Gasteiger partial charge in [-0.05, 0) is 59.6 Å². The molecule has 1 N–H and O–H groups in total. The van der Waals surface area contributed by atoms with Crippen LogP contribution in [0.2, 0.25) is 0 Å². The van der Waals surface area contributed by atoms with Crippen molar-refractivity contribution in [3.8, 4) is 17.2 Å². The maximum absolute atomic E-state index is 9.55. The van der Waals surface area contributed by atoms with E-state index in [0.717, 1.165) is 15.8 Å². The number of hydrogen-bond donors (Lipinski definition) is 1. The van der Waals surface area contributed by atoms with Crippen LogP contribution in [0.4, 0.5) is 0 Å². The summed E-state index contributed by atoms with van der Waals surface area (Å²) in [6.45, 7) is 4.29.